The molecule has 0 aliphatic rings. The fourth-order valence-electron chi connectivity index (χ4n) is 2.30. The van der Waals surface area contributed by atoms with Gasteiger partial charge in [-0.1, -0.05) is 36.4 Å². The summed E-state index contributed by atoms with van der Waals surface area (Å²) in [5.74, 6) is 0. The average molecular weight is 278 g/mol. The second kappa shape index (κ2) is 6.22. The zero-order valence-electron chi connectivity index (χ0n) is 12.0. The molecule has 3 rings (SSSR count). The van der Waals surface area contributed by atoms with Crippen molar-refractivity contribution in [1.29, 1.82) is 0 Å². The Labute approximate surface area is 124 Å². The van der Waals surface area contributed by atoms with Crippen LogP contribution >= 0.6 is 0 Å². The van der Waals surface area contributed by atoms with Crippen LogP contribution in [0.2, 0.25) is 0 Å². The molecule has 0 amide bonds. The molecule has 0 radical (unpaired) electrons. The lowest BCUT2D eigenvalue weighted by molar-refractivity contribution is 0.660. The van der Waals surface area contributed by atoms with Gasteiger partial charge in [0.2, 0.25) is 0 Å². The molecule has 21 heavy (non-hydrogen) atoms. The maximum atomic E-state index is 4.49. The molecular weight excluding hydrogens is 260 g/mol. The molecule has 1 unspecified atom stereocenters. The minimum absolute atomic E-state index is 0.0157. The number of nitrogens with one attached hydrogen (secondary N) is 1. The fraction of sp³-hybridized carbons (Fsp3) is 0.176. The van der Waals surface area contributed by atoms with Crippen LogP contribution < -0.4 is 5.32 Å². The van der Waals surface area contributed by atoms with Crippen LogP contribution in [0.3, 0.4) is 0 Å². The van der Waals surface area contributed by atoms with Crippen molar-refractivity contribution in [2.24, 2.45) is 0 Å². The van der Waals surface area contributed by atoms with Gasteiger partial charge in [-0.25, -0.2) is 0 Å². The Morgan fingerprint density at radius 1 is 1.10 bits per heavy atom. The maximum Gasteiger partial charge on any atom is 0.0940 e. The summed E-state index contributed by atoms with van der Waals surface area (Å²) in [5, 5.41) is 7.83. The van der Waals surface area contributed by atoms with Gasteiger partial charge in [-0.3, -0.25) is 9.67 Å². The summed E-state index contributed by atoms with van der Waals surface area (Å²) in [5.41, 5.74) is 3.17. The highest BCUT2D eigenvalue weighted by Crippen LogP contribution is 2.24. The predicted molar refractivity (Wildman–Crippen MR) is 84.0 cm³/mol. The van der Waals surface area contributed by atoms with Crippen molar-refractivity contribution in [3.05, 3.63) is 78.4 Å². The van der Waals surface area contributed by atoms with Crippen molar-refractivity contribution >= 4 is 5.69 Å². The van der Waals surface area contributed by atoms with Crippen molar-refractivity contribution in [2.75, 3.05) is 5.32 Å². The van der Waals surface area contributed by atoms with Crippen LogP contribution in [0.4, 0.5) is 5.69 Å². The summed E-state index contributed by atoms with van der Waals surface area (Å²) in [6.07, 6.45) is 5.68. The normalized spacial score (nSPS) is 12.0. The molecule has 0 saturated carbocycles. The van der Waals surface area contributed by atoms with E-state index in [9.17, 15) is 0 Å². The summed E-state index contributed by atoms with van der Waals surface area (Å²) in [7, 11) is 0. The zero-order valence-corrected chi connectivity index (χ0v) is 12.0. The second-order valence-electron chi connectivity index (χ2n) is 4.83. The van der Waals surface area contributed by atoms with Crippen LogP contribution in [-0.4, -0.2) is 14.8 Å². The number of aryl methyl sites for hydroxylation is 1. The number of rotatable bonds is 5. The van der Waals surface area contributed by atoms with Crippen molar-refractivity contribution in [3.8, 4) is 0 Å². The maximum absolute atomic E-state index is 4.49. The highest BCUT2D eigenvalue weighted by molar-refractivity contribution is 5.45. The number of anilines is 1. The van der Waals surface area contributed by atoms with E-state index >= 15 is 0 Å². The molecule has 1 N–H and O–H groups in total. The summed E-state index contributed by atoms with van der Waals surface area (Å²) < 4.78 is 1.91. The number of pyridine rings is 1. The fourth-order valence-corrected chi connectivity index (χ4v) is 2.30. The van der Waals surface area contributed by atoms with Crippen LogP contribution in [0.15, 0.2) is 67.1 Å². The number of hydrogen-bond donors (Lipinski definition) is 1. The van der Waals surface area contributed by atoms with Gasteiger partial charge >= 0.3 is 0 Å². The monoisotopic (exact) mass is 278 g/mol. The molecule has 0 aliphatic carbocycles. The second-order valence-corrected chi connectivity index (χ2v) is 4.83. The Balaban J connectivity index is 1.93. The van der Waals surface area contributed by atoms with Crippen molar-refractivity contribution in [1.82, 2.24) is 14.8 Å². The predicted octanol–water partition coefficient (Wildman–Crippen LogP) is 3.50. The molecule has 0 bridgehead atoms. The molecule has 106 valence electrons. The molecule has 0 aliphatic heterocycles. The first kappa shape index (κ1) is 13.4. The van der Waals surface area contributed by atoms with E-state index in [2.05, 4.69) is 34.5 Å². The van der Waals surface area contributed by atoms with Crippen LogP contribution in [-0.2, 0) is 6.54 Å². The third kappa shape index (κ3) is 3.11. The van der Waals surface area contributed by atoms with Crippen LogP contribution in [0.1, 0.15) is 24.2 Å². The molecule has 2 heterocycles. The van der Waals surface area contributed by atoms with Gasteiger partial charge < -0.3 is 5.32 Å². The lowest BCUT2D eigenvalue weighted by Crippen LogP contribution is -2.13. The van der Waals surface area contributed by atoms with Gasteiger partial charge in [-0.05, 0) is 24.6 Å². The number of aromatic nitrogens is 3. The van der Waals surface area contributed by atoms with Gasteiger partial charge in [0.05, 0.1) is 23.6 Å². The molecule has 4 nitrogen and oxygen atoms in total. The molecule has 0 saturated heterocycles. The first-order valence-corrected chi connectivity index (χ1v) is 7.11. The smallest absolute Gasteiger partial charge is 0.0940 e. The van der Waals surface area contributed by atoms with Gasteiger partial charge in [0.15, 0.2) is 0 Å². The van der Waals surface area contributed by atoms with E-state index in [1.807, 2.05) is 59.7 Å². The minimum atomic E-state index is 0.0157. The van der Waals surface area contributed by atoms with E-state index < -0.39 is 0 Å². The molecule has 3 aromatic rings. The first-order chi connectivity index (χ1) is 10.4. The Bertz CT molecular complexity index is 637. The minimum Gasteiger partial charge on any atom is -0.370 e. The first-order valence-electron chi connectivity index (χ1n) is 7.11. The van der Waals surface area contributed by atoms with Gasteiger partial charge in [0, 0.05) is 18.9 Å². The number of nitrogens with zero attached hydrogens (tertiary/aromatic N) is 3. The molecule has 1 aromatic carbocycles. The highest BCUT2D eigenvalue weighted by atomic mass is 15.3. The number of hydrogen-bond acceptors (Lipinski definition) is 3. The summed E-state index contributed by atoms with van der Waals surface area (Å²) >= 11 is 0. The van der Waals surface area contributed by atoms with Crippen molar-refractivity contribution < 1.29 is 0 Å². The van der Waals surface area contributed by atoms with Gasteiger partial charge in [-0.2, -0.15) is 5.10 Å². The third-order valence-corrected chi connectivity index (χ3v) is 3.38. The molecule has 2 aromatic heterocycles. The topological polar surface area (TPSA) is 42.7 Å². The van der Waals surface area contributed by atoms with E-state index in [0.29, 0.717) is 0 Å². The van der Waals surface area contributed by atoms with Crippen LogP contribution in [0.25, 0.3) is 0 Å². The summed E-state index contributed by atoms with van der Waals surface area (Å²) in [6, 6.07) is 16.3. The average Bonchev–Trinajstić information content (AvgIpc) is 3.02. The zero-order chi connectivity index (χ0) is 14.5. The Morgan fingerprint density at radius 2 is 1.90 bits per heavy atom. The number of benzene rings is 1. The summed E-state index contributed by atoms with van der Waals surface area (Å²) in [6.45, 7) is 2.94. The van der Waals surface area contributed by atoms with E-state index in [1.165, 1.54) is 5.56 Å². The molecular formula is C17H18N4. The lowest BCUT2D eigenvalue weighted by atomic mass is 10.0. The lowest BCUT2D eigenvalue weighted by Gasteiger charge is -2.18. The van der Waals surface area contributed by atoms with E-state index in [4.69, 9.17) is 0 Å². The van der Waals surface area contributed by atoms with Gasteiger partial charge in [-0.15, -0.1) is 0 Å². The Hall–Kier alpha value is -2.62. The van der Waals surface area contributed by atoms with E-state index in [-0.39, 0.29) is 6.04 Å². The van der Waals surface area contributed by atoms with Crippen LogP contribution in [0.5, 0.6) is 0 Å². The summed E-state index contributed by atoms with van der Waals surface area (Å²) in [4.78, 5) is 4.49. The third-order valence-electron chi connectivity index (χ3n) is 3.38. The largest absolute Gasteiger partial charge is 0.370 e. The van der Waals surface area contributed by atoms with Crippen molar-refractivity contribution in [2.45, 2.75) is 19.5 Å². The Kier molecular flexibility index (Phi) is 3.96. The molecule has 0 spiro atoms. The van der Waals surface area contributed by atoms with Crippen molar-refractivity contribution in [3.63, 3.8) is 0 Å². The molecule has 4 heteroatoms. The van der Waals surface area contributed by atoms with Gasteiger partial charge in [0.1, 0.15) is 0 Å². The van der Waals surface area contributed by atoms with Gasteiger partial charge in [0.25, 0.3) is 0 Å². The van der Waals surface area contributed by atoms with E-state index in [1.54, 1.807) is 0 Å². The highest BCUT2D eigenvalue weighted by Gasteiger charge is 2.15. The van der Waals surface area contributed by atoms with Crippen LogP contribution in [0, 0.1) is 0 Å². The SMILES string of the molecule is CCn1cc(NC(c2ccccc2)c2ccccn2)cn1. The molecule has 0 fully saturated rings. The quantitative estimate of drug-likeness (QED) is 0.776. The molecule has 1 atom stereocenters. The standard InChI is InChI=1S/C17H18N4/c1-2-21-13-15(12-19-21)20-17(14-8-4-3-5-9-14)16-10-6-7-11-18-16/h3-13,17,20H,2H2,1H3. The van der Waals surface area contributed by atoms with E-state index in [0.717, 1.165) is 17.9 Å². The Morgan fingerprint density at radius 3 is 2.57 bits per heavy atom.